The molecular formula is C12H26N2O2. The summed E-state index contributed by atoms with van der Waals surface area (Å²) < 4.78 is 5.18. The highest BCUT2D eigenvalue weighted by Crippen LogP contribution is 2.08. The van der Waals surface area contributed by atoms with Crippen molar-refractivity contribution in [2.45, 2.75) is 39.5 Å². The number of hydrogen-bond donors (Lipinski definition) is 2. The quantitative estimate of drug-likeness (QED) is 0.556. The second-order valence-corrected chi connectivity index (χ2v) is 4.12. The van der Waals surface area contributed by atoms with E-state index in [2.05, 4.69) is 12.2 Å². The van der Waals surface area contributed by atoms with Crippen LogP contribution in [0, 0.1) is 5.92 Å². The summed E-state index contributed by atoms with van der Waals surface area (Å²) in [5.74, 6) is 0.680. The third kappa shape index (κ3) is 9.93. The zero-order valence-electron chi connectivity index (χ0n) is 10.6. The van der Waals surface area contributed by atoms with Crippen molar-refractivity contribution in [2.24, 2.45) is 11.7 Å². The zero-order chi connectivity index (χ0) is 12.2. The Morgan fingerprint density at radius 1 is 1.44 bits per heavy atom. The Morgan fingerprint density at radius 2 is 2.19 bits per heavy atom. The normalized spacial score (nSPS) is 12.4. The van der Waals surface area contributed by atoms with Gasteiger partial charge in [-0.25, -0.2) is 0 Å². The Hall–Kier alpha value is -0.610. The fourth-order valence-electron chi connectivity index (χ4n) is 1.44. The highest BCUT2D eigenvalue weighted by atomic mass is 16.5. The highest BCUT2D eigenvalue weighted by Gasteiger charge is 2.05. The van der Waals surface area contributed by atoms with Gasteiger partial charge in [-0.1, -0.05) is 6.92 Å². The van der Waals surface area contributed by atoms with Crippen molar-refractivity contribution in [3.05, 3.63) is 0 Å². The number of ether oxygens (including phenoxy) is 1. The zero-order valence-corrected chi connectivity index (χ0v) is 10.6. The molecule has 4 nitrogen and oxygen atoms in total. The summed E-state index contributed by atoms with van der Waals surface area (Å²) in [6.45, 7) is 6.98. The Morgan fingerprint density at radius 3 is 2.81 bits per heavy atom. The van der Waals surface area contributed by atoms with Gasteiger partial charge < -0.3 is 15.8 Å². The van der Waals surface area contributed by atoms with Gasteiger partial charge in [-0.05, 0) is 38.6 Å². The molecule has 4 heteroatoms. The van der Waals surface area contributed by atoms with Crippen LogP contribution in [0.3, 0.4) is 0 Å². The van der Waals surface area contributed by atoms with E-state index in [4.69, 9.17) is 10.5 Å². The maximum Gasteiger partial charge on any atom is 0.220 e. The summed E-state index contributed by atoms with van der Waals surface area (Å²) >= 11 is 0. The van der Waals surface area contributed by atoms with Crippen LogP contribution in [0.5, 0.6) is 0 Å². The maximum absolute atomic E-state index is 11.4. The molecular weight excluding hydrogens is 204 g/mol. The predicted octanol–water partition coefficient (Wildman–Crippen LogP) is 1.29. The van der Waals surface area contributed by atoms with Crippen LogP contribution in [0.4, 0.5) is 0 Å². The number of hydrogen-bond acceptors (Lipinski definition) is 3. The van der Waals surface area contributed by atoms with Crippen LogP contribution >= 0.6 is 0 Å². The number of carbonyl (C=O) groups excluding carboxylic acids is 1. The lowest BCUT2D eigenvalue weighted by molar-refractivity contribution is -0.121. The molecule has 0 aliphatic heterocycles. The van der Waals surface area contributed by atoms with E-state index >= 15 is 0 Å². The Kier molecular flexibility index (Phi) is 10.5. The molecule has 0 rings (SSSR count). The largest absolute Gasteiger partial charge is 0.382 e. The van der Waals surface area contributed by atoms with Gasteiger partial charge >= 0.3 is 0 Å². The van der Waals surface area contributed by atoms with Crippen LogP contribution in [0.1, 0.15) is 39.5 Å². The van der Waals surface area contributed by atoms with E-state index in [1.165, 1.54) is 0 Å². The number of rotatable bonds is 10. The smallest absolute Gasteiger partial charge is 0.220 e. The molecule has 1 atom stereocenters. The van der Waals surface area contributed by atoms with Gasteiger partial charge in [0, 0.05) is 26.2 Å². The van der Waals surface area contributed by atoms with Crippen LogP contribution in [0.15, 0.2) is 0 Å². The molecule has 1 amide bonds. The molecule has 96 valence electrons. The average Bonchev–Trinajstić information content (AvgIpc) is 2.26. The van der Waals surface area contributed by atoms with Crippen LogP contribution in [-0.2, 0) is 9.53 Å². The van der Waals surface area contributed by atoms with E-state index in [1.807, 2.05) is 6.92 Å². The van der Waals surface area contributed by atoms with Crippen molar-refractivity contribution in [2.75, 3.05) is 26.3 Å². The monoisotopic (exact) mass is 230 g/mol. The summed E-state index contributed by atoms with van der Waals surface area (Å²) in [4.78, 5) is 11.4. The number of nitrogens with one attached hydrogen (secondary N) is 1. The molecule has 3 N–H and O–H groups in total. The van der Waals surface area contributed by atoms with Gasteiger partial charge in [0.15, 0.2) is 0 Å². The molecule has 1 unspecified atom stereocenters. The number of nitrogens with two attached hydrogens (primary N) is 1. The van der Waals surface area contributed by atoms with Gasteiger partial charge in [-0.2, -0.15) is 0 Å². The molecule has 16 heavy (non-hydrogen) atoms. The first-order chi connectivity index (χ1) is 7.70. The molecule has 0 fully saturated rings. The van der Waals surface area contributed by atoms with Crippen molar-refractivity contribution in [1.82, 2.24) is 5.32 Å². The lowest BCUT2D eigenvalue weighted by Gasteiger charge is -2.09. The first-order valence-electron chi connectivity index (χ1n) is 6.25. The van der Waals surface area contributed by atoms with Gasteiger partial charge in [0.05, 0.1) is 0 Å². The third-order valence-electron chi connectivity index (χ3n) is 2.52. The first kappa shape index (κ1) is 15.4. The van der Waals surface area contributed by atoms with Gasteiger partial charge in [-0.15, -0.1) is 0 Å². The van der Waals surface area contributed by atoms with Crippen LogP contribution in [0.25, 0.3) is 0 Å². The van der Waals surface area contributed by atoms with E-state index in [0.29, 0.717) is 25.4 Å². The van der Waals surface area contributed by atoms with E-state index in [9.17, 15) is 4.79 Å². The minimum atomic E-state index is 0.139. The molecule has 0 radical (unpaired) electrons. The topological polar surface area (TPSA) is 64.3 Å². The van der Waals surface area contributed by atoms with Crippen molar-refractivity contribution < 1.29 is 9.53 Å². The van der Waals surface area contributed by atoms with Crippen molar-refractivity contribution >= 4 is 5.91 Å². The molecule has 0 bridgehead atoms. The van der Waals surface area contributed by atoms with E-state index < -0.39 is 0 Å². The van der Waals surface area contributed by atoms with Gasteiger partial charge in [0.25, 0.3) is 0 Å². The maximum atomic E-state index is 11.4. The SMILES string of the molecule is CCOCCCNC(=O)CCC(C)CCN. The second-order valence-electron chi connectivity index (χ2n) is 4.12. The minimum absolute atomic E-state index is 0.139. The average molecular weight is 230 g/mol. The standard InChI is InChI=1S/C12H26N2O2/c1-3-16-10-4-9-14-12(15)6-5-11(2)7-8-13/h11H,3-10,13H2,1-2H3,(H,14,15). The van der Waals surface area contributed by atoms with Crippen LogP contribution in [0.2, 0.25) is 0 Å². The molecule has 0 aliphatic rings. The van der Waals surface area contributed by atoms with Crippen molar-refractivity contribution in [3.8, 4) is 0 Å². The number of carbonyl (C=O) groups is 1. The molecule has 0 heterocycles. The van der Waals surface area contributed by atoms with E-state index in [0.717, 1.165) is 32.5 Å². The Labute approximate surface area is 98.9 Å². The van der Waals surface area contributed by atoms with E-state index in [1.54, 1.807) is 0 Å². The summed E-state index contributed by atoms with van der Waals surface area (Å²) in [6.07, 6.45) is 3.42. The minimum Gasteiger partial charge on any atom is -0.382 e. The first-order valence-corrected chi connectivity index (χ1v) is 6.25. The van der Waals surface area contributed by atoms with Gasteiger partial charge in [0.1, 0.15) is 0 Å². The molecule has 0 saturated carbocycles. The lowest BCUT2D eigenvalue weighted by atomic mass is 10.0. The highest BCUT2D eigenvalue weighted by molar-refractivity contribution is 5.75. The van der Waals surface area contributed by atoms with Crippen molar-refractivity contribution in [1.29, 1.82) is 0 Å². The second kappa shape index (κ2) is 10.9. The fraction of sp³-hybridized carbons (Fsp3) is 0.917. The molecule has 0 aromatic carbocycles. The van der Waals surface area contributed by atoms with Crippen LogP contribution < -0.4 is 11.1 Å². The van der Waals surface area contributed by atoms with Crippen LogP contribution in [-0.4, -0.2) is 32.2 Å². The third-order valence-corrected chi connectivity index (χ3v) is 2.52. The predicted molar refractivity (Wildman–Crippen MR) is 66.2 cm³/mol. The summed E-state index contributed by atoms with van der Waals surface area (Å²) in [5.41, 5.74) is 5.45. The Bertz CT molecular complexity index is 174. The van der Waals surface area contributed by atoms with Gasteiger partial charge in [0.2, 0.25) is 5.91 Å². The fourth-order valence-corrected chi connectivity index (χ4v) is 1.44. The van der Waals surface area contributed by atoms with Crippen molar-refractivity contribution in [3.63, 3.8) is 0 Å². The Balaban J connectivity index is 3.30. The number of amides is 1. The molecule has 0 spiro atoms. The molecule has 0 aromatic heterocycles. The summed E-state index contributed by atoms with van der Waals surface area (Å²) in [5, 5.41) is 2.89. The van der Waals surface area contributed by atoms with E-state index in [-0.39, 0.29) is 5.91 Å². The molecule has 0 aromatic rings. The summed E-state index contributed by atoms with van der Waals surface area (Å²) in [6, 6.07) is 0. The lowest BCUT2D eigenvalue weighted by Crippen LogP contribution is -2.25. The van der Waals surface area contributed by atoms with Gasteiger partial charge in [-0.3, -0.25) is 4.79 Å². The molecule has 0 aliphatic carbocycles. The molecule has 0 saturated heterocycles. The summed E-state index contributed by atoms with van der Waals surface area (Å²) in [7, 11) is 0.